The maximum absolute atomic E-state index is 12.6. The van der Waals surface area contributed by atoms with Crippen molar-refractivity contribution in [1.82, 2.24) is 20.1 Å². The minimum Gasteiger partial charge on any atom is -0.493 e. The molecule has 4 rings (SSSR count). The summed E-state index contributed by atoms with van der Waals surface area (Å²) in [6.07, 6.45) is 0. The molecule has 1 N–H and O–H groups in total. The Labute approximate surface area is 209 Å². The van der Waals surface area contributed by atoms with Gasteiger partial charge in [-0.2, -0.15) is 0 Å². The van der Waals surface area contributed by atoms with Crippen molar-refractivity contribution >= 4 is 17.7 Å². The third-order valence-electron chi connectivity index (χ3n) is 5.51. The third-order valence-corrected chi connectivity index (χ3v) is 6.43. The molecule has 0 aliphatic rings. The van der Waals surface area contributed by atoms with Crippen LogP contribution in [-0.2, 0) is 11.3 Å². The number of carbonyl (C=O) groups is 1. The summed E-state index contributed by atoms with van der Waals surface area (Å²) in [4.78, 5) is 12.6. The van der Waals surface area contributed by atoms with Gasteiger partial charge in [0.1, 0.15) is 0 Å². The molecule has 0 bridgehead atoms. The Kier molecular flexibility index (Phi) is 7.72. The molecule has 1 heterocycles. The number of aryl methyl sites for hydroxylation is 2. The van der Waals surface area contributed by atoms with E-state index in [9.17, 15) is 4.79 Å². The number of hydrogen-bond donors (Lipinski definition) is 1. The molecule has 7 nitrogen and oxygen atoms in total. The van der Waals surface area contributed by atoms with E-state index in [0.29, 0.717) is 23.2 Å². The third kappa shape index (κ3) is 5.84. The molecule has 35 heavy (non-hydrogen) atoms. The molecule has 0 atom stereocenters. The Hall–Kier alpha value is -3.78. The Balaban J connectivity index is 1.49. The van der Waals surface area contributed by atoms with Gasteiger partial charge in [-0.25, -0.2) is 0 Å². The molecule has 0 unspecified atom stereocenters. The lowest BCUT2D eigenvalue weighted by Crippen LogP contribution is -2.24. The molecule has 1 amide bonds. The number of carbonyl (C=O) groups excluding carboxylic acids is 1. The number of rotatable bonds is 9. The van der Waals surface area contributed by atoms with Gasteiger partial charge in [0.25, 0.3) is 0 Å². The number of thioether (sulfide) groups is 1. The minimum atomic E-state index is -0.0971. The summed E-state index contributed by atoms with van der Waals surface area (Å²) < 4.78 is 12.6. The van der Waals surface area contributed by atoms with Crippen LogP contribution in [0.25, 0.3) is 17.1 Å². The van der Waals surface area contributed by atoms with Crippen LogP contribution in [0.4, 0.5) is 0 Å². The molecule has 0 aliphatic carbocycles. The lowest BCUT2D eigenvalue weighted by molar-refractivity contribution is -0.118. The molecule has 180 valence electrons. The normalized spacial score (nSPS) is 10.7. The molecule has 0 aliphatic heterocycles. The standard InChI is InChI=1S/C27H28N4O3S/c1-18-5-10-21(11-6-18)26-29-30-27(31(26)22-12-7-19(2)8-13-22)35-17-25(32)28-16-20-9-14-23(33-3)24(15-20)34-4/h5-15H,16-17H2,1-4H3,(H,28,32). The number of amides is 1. The first-order valence-corrected chi connectivity index (χ1v) is 12.2. The minimum absolute atomic E-state index is 0.0971. The van der Waals surface area contributed by atoms with E-state index < -0.39 is 0 Å². The van der Waals surface area contributed by atoms with Gasteiger partial charge in [0, 0.05) is 17.8 Å². The van der Waals surface area contributed by atoms with E-state index >= 15 is 0 Å². The largest absolute Gasteiger partial charge is 0.493 e. The van der Waals surface area contributed by atoms with E-state index in [4.69, 9.17) is 9.47 Å². The number of nitrogens with zero attached hydrogens (tertiary/aromatic N) is 3. The van der Waals surface area contributed by atoms with Gasteiger partial charge in [-0.05, 0) is 43.7 Å². The summed E-state index contributed by atoms with van der Waals surface area (Å²) in [6.45, 7) is 4.49. The first kappa shape index (κ1) is 24.3. The van der Waals surface area contributed by atoms with Gasteiger partial charge in [0.2, 0.25) is 5.91 Å². The van der Waals surface area contributed by atoms with E-state index in [0.717, 1.165) is 22.6 Å². The summed E-state index contributed by atoms with van der Waals surface area (Å²) in [6, 6.07) is 21.9. The van der Waals surface area contributed by atoms with Crippen LogP contribution < -0.4 is 14.8 Å². The van der Waals surface area contributed by atoms with Crippen molar-refractivity contribution in [2.45, 2.75) is 25.5 Å². The molecule has 0 radical (unpaired) electrons. The topological polar surface area (TPSA) is 78.3 Å². The second-order valence-corrected chi connectivity index (χ2v) is 9.04. The molecular formula is C27H28N4O3S. The molecule has 4 aromatic rings. The highest BCUT2D eigenvalue weighted by atomic mass is 32.2. The van der Waals surface area contributed by atoms with Crippen LogP contribution in [0.1, 0.15) is 16.7 Å². The first-order chi connectivity index (χ1) is 17.0. The molecule has 0 spiro atoms. The maximum atomic E-state index is 12.6. The zero-order valence-corrected chi connectivity index (χ0v) is 21.1. The second-order valence-electron chi connectivity index (χ2n) is 8.10. The fourth-order valence-electron chi connectivity index (χ4n) is 3.55. The SMILES string of the molecule is COc1ccc(CNC(=O)CSc2nnc(-c3ccc(C)cc3)n2-c2ccc(C)cc2)cc1OC. The Morgan fingerprint density at radius 3 is 2.20 bits per heavy atom. The Morgan fingerprint density at radius 1 is 0.886 bits per heavy atom. The predicted octanol–water partition coefficient (Wildman–Crippen LogP) is 4.98. The van der Waals surface area contributed by atoms with Gasteiger partial charge >= 0.3 is 0 Å². The van der Waals surface area contributed by atoms with Crippen molar-refractivity contribution in [3.05, 3.63) is 83.4 Å². The molecule has 0 fully saturated rings. The van der Waals surface area contributed by atoms with Gasteiger partial charge < -0.3 is 14.8 Å². The zero-order chi connectivity index (χ0) is 24.8. The van der Waals surface area contributed by atoms with Gasteiger partial charge in [0.15, 0.2) is 22.5 Å². The monoisotopic (exact) mass is 488 g/mol. The summed E-state index contributed by atoms with van der Waals surface area (Å²) in [5.74, 6) is 2.13. The molecular weight excluding hydrogens is 460 g/mol. The quantitative estimate of drug-likeness (QED) is 0.335. The highest BCUT2D eigenvalue weighted by Crippen LogP contribution is 2.29. The lowest BCUT2D eigenvalue weighted by atomic mass is 10.1. The van der Waals surface area contributed by atoms with Crippen LogP contribution >= 0.6 is 11.8 Å². The zero-order valence-electron chi connectivity index (χ0n) is 20.2. The Morgan fingerprint density at radius 2 is 1.54 bits per heavy atom. The number of aromatic nitrogens is 3. The van der Waals surface area contributed by atoms with Crippen LogP contribution in [0.3, 0.4) is 0 Å². The van der Waals surface area contributed by atoms with Gasteiger partial charge in [-0.1, -0.05) is 65.4 Å². The van der Waals surface area contributed by atoms with E-state index in [-0.39, 0.29) is 11.7 Å². The fraction of sp³-hybridized carbons (Fsp3) is 0.222. The molecule has 3 aromatic carbocycles. The second kappa shape index (κ2) is 11.1. The van der Waals surface area contributed by atoms with Crippen LogP contribution in [0.5, 0.6) is 11.5 Å². The summed E-state index contributed by atoms with van der Waals surface area (Å²) in [5, 5.41) is 12.5. The van der Waals surface area contributed by atoms with Crippen molar-refractivity contribution in [3.8, 4) is 28.6 Å². The lowest BCUT2D eigenvalue weighted by Gasteiger charge is -2.12. The van der Waals surface area contributed by atoms with Crippen molar-refractivity contribution in [3.63, 3.8) is 0 Å². The van der Waals surface area contributed by atoms with Gasteiger partial charge in [-0.15, -0.1) is 10.2 Å². The summed E-state index contributed by atoms with van der Waals surface area (Å²) >= 11 is 1.35. The fourth-order valence-corrected chi connectivity index (χ4v) is 4.33. The Bertz CT molecular complexity index is 1300. The van der Waals surface area contributed by atoms with Crippen LogP contribution in [0.2, 0.25) is 0 Å². The molecule has 1 aromatic heterocycles. The first-order valence-electron chi connectivity index (χ1n) is 11.2. The van der Waals surface area contributed by atoms with Crippen LogP contribution in [0.15, 0.2) is 71.9 Å². The van der Waals surface area contributed by atoms with Crippen molar-refractivity contribution < 1.29 is 14.3 Å². The average Bonchev–Trinajstić information content (AvgIpc) is 3.30. The molecule has 8 heteroatoms. The average molecular weight is 489 g/mol. The van der Waals surface area contributed by atoms with Crippen molar-refractivity contribution in [1.29, 1.82) is 0 Å². The number of hydrogen-bond acceptors (Lipinski definition) is 6. The molecule has 0 saturated heterocycles. The smallest absolute Gasteiger partial charge is 0.230 e. The highest BCUT2D eigenvalue weighted by molar-refractivity contribution is 7.99. The summed E-state index contributed by atoms with van der Waals surface area (Å²) in [5.41, 5.74) is 5.18. The van der Waals surface area contributed by atoms with E-state index in [1.807, 2.05) is 47.0 Å². The number of ether oxygens (including phenoxy) is 2. The van der Waals surface area contributed by atoms with E-state index in [1.165, 1.54) is 22.9 Å². The number of benzene rings is 3. The predicted molar refractivity (Wildman–Crippen MR) is 138 cm³/mol. The van der Waals surface area contributed by atoms with E-state index in [2.05, 4.69) is 53.6 Å². The van der Waals surface area contributed by atoms with Gasteiger partial charge in [0.05, 0.1) is 20.0 Å². The van der Waals surface area contributed by atoms with Crippen LogP contribution in [0, 0.1) is 13.8 Å². The van der Waals surface area contributed by atoms with E-state index in [1.54, 1.807) is 14.2 Å². The maximum Gasteiger partial charge on any atom is 0.230 e. The number of nitrogens with one attached hydrogen (secondary N) is 1. The van der Waals surface area contributed by atoms with Crippen LogP contribution in [-0.4, -0.2) is 40.6 Å². The highest BCUT2D eigenvalue weighted by Gasteiger charge is 2.17. The number of methoxy groups -OCH3 is 2. The van der Waals surface area contributed by atoms with Crippen molar-refractivity contribution in [2.24, 2.45) is 0 Å². The summed E-state index contributed by atoms with van der Waals surface area (Å²) in [7, 11) is 3.18. The van der Waals surface area contributed by atoms with Crippen molar-refractivity contribution in [2.75, 3.05) is 20.0 Å². The molecule has 0 saturated carbocycles. The van der Waals surface area contributed by atoms with Gasteiger partial charge in [-0.3, -0.25) is 9.36 Å².